The van der Waals surface area contributed by atoms with E-state index in [9.17, 15) is 0 Å². The molecule has 0 saturated carbocycles. The first kappa shape index (κ1) is 14.2. The minimum atomic E-state index is 0.715. The number of hydrogen-bond acceptors (Lipinski definition) is 3. The summed E-state index contributed by atoms with van der Waals surface area (Å²) in [5.74, 6) is 0. The van der Waals surface area contributed by atoms with Gasteiger partial charge >= 0.3 is 0 Å². The Morgan fingerprint density at radius 3 is 3.00 bits per heavy atom. The molecule has 4 nitrogen and oxygen atoms in total. The minimum Gasteiger partial charge on any atom is -0.383 e. The van der Waals surface area contributed by atoms with Gasteiger partial charge in [0.1, 0.15) is 0 Å². The van der Waals surface area contributed by atoms with Crippen molar-refractivity contribution in [2.45, 2.75) is 6.54 Å². The molecule has 1 N–H and O–H groups in total. The fraction of sp³-hybridized carbons (Fsp3) is 0.357. The van der Waals surface area contributed by atoms with Gasteiger partial charge in [0.15, 0.2) is 0 Å². The van der Waals surface area contributed by atoms with Crippen LogP contribution in [0.25, 0.3) is 11.3 Å². The third-order valence-corrected chi connectivity index (χ3v) is 3.29. The van der Waals surface area contributed by atoms with Crippen molar-refractivity contribution in [2.24, 2.45) is 7.05 Å². The lowest BCUT2D eigenvalue weighted by Crippen LogP contribution is -2.18. The van der Waals surface area contributed by atoms with Crippen LogP contribution in [0.2, 0.25) is 0 Å². The average molecular weight is 324 g/mol. The maximum Gasteiger partial charge on any atom is 0.0968 e. The Morgan fingerprint density at radius 2 is 2.26 bits per heavy atom. The summed E-state index contributed by atoms with van der Waals surface area (Å²) in [7, 11) is 3.65. The van der Waals surface area contributed by atoms with Gasteiger partial charge in [-0.3, -0.25) is 4.68 Å². The molecule has 0 aliphatic heterocycles. The molecule has 1 heterocycles. The van der Waals surface area contributed by atoms with Crippen LogP contribution in [-0.2, 0) is 18.3 Å². The highest BCUT2D eigenvalue weighted by atomic mass is 79.9. The summed E-state index contributed by atoms with van der Waals surface area (Å²) in [6.45, 7) is 2.34. The number of hydrogen-bond donors (Lipinski definition) is 1. The lowest BCUT2D eigenvalue weighted by Gasteiger charge is -2.05. The van der Waals surface area contributed by atoms with E-state index in [-0.39, 0.29) is 0 Å². The normalized spacial score (nSPS) is 10.9. The van der Waals surface area contributed by atoms with Crippen molar-refractivity contribution in [1.29, 1.82) is 0 Å². The van der Waals surface area contributed by atoms with Crippen molar-refractivity contribution >= 4 is 15.9 Å². The van der Waals surface area contributed by atoms with Crippen molar-refractivity contribution in [1.82, 2.24) is 15.1 Å². The lowest BCUT2D eigenvalue weighted by atomic mass is 10.1. The average Bonchev–Trinajstić information content (AvgIpc) is 2.76. The topological polar surface area (TPSA) is 39.1 Å². The van der Waals surface area contributed by atoms with Crippen molar-refractivity contribution in [3.8, 4) is 11.3 Å². The highest BCUT2D eigenvalue weighted by Crippen LogP contribution is 2.24. The number of rotatable bonds is 6. The Labute approximate surface area is 121 Å². The predicted octanol–water partition coefficient (Wildman–Crippen LogP) is 2.59. The van der Waals surface area contributed by atoms with Gasteiger partial charge in [0.25, 0.3) is 0 Å². The van der Waals surface area contributed by atoms with Gasteiger partial charge in [-0.25, -0.2) is 0 Å². The number of aromatic nitrogens is 2. The standard InChI is InChI=1S/C14H18BrN3O/c1-18-10-12(9-16-6-7-19-2)14(17-18)11-4-3-5-13(15)8-11/h3-5,8,10,16H,6-7,9H2,1-2H3. The van der Waals surface area contributed by atoms with Gasteiger partial charge in [0.05, 0.1) is 12.3 Å². The van der Waals surface area contributed by atoms with Crippen LogP contribution in [0.5, 0.6) is 0 Å². The number of methoxy groups -OCH3 is 1. The summed E-state index contributed by atoms with van der Waals surface area (Å²) in [4.78, 5) is 0. The minimum absolute atomic E-state index is 0.715. The van der Waals surface area contributed by atoms with E-state index in [2.05, 4.69) is 44.7 Å². The van der Waals surface area contributed by atoms with Crippen LogP contribution in [0.1, 0.15) is 5.56 Å². The molecular weight excluding hydrogens is 306 g/mol. The third kappa shape index (κ3) is 3.89. The molecule has 1 aromatic carbocycles. The predicted molar refractivity (Wildman–Crippen MR) is 79.9 cm³/mol. The summed E-state index contributed by atoms with van der Waals surface area (Å²) in [5, 5.41) is 7.90. The molecule has 0 aliphatic rings. The Hall–Kier alpha value is -1.17. The van der Waals surface area contributed by atoms with Crippen LogP contribution in [-0.4, -0.2) is 30.0 Å². The van der Waals surface area contributed by atoms with E-state index >= 15 is 0 Å². The van der Waals surface area contributed by atoms with Crippen molar-refractivity contribution < 1.29 is 4.74 Å². The fourth-order valence-corrected chi connectivity index (χ4v) is 2.34. The molecule has 0 aliphatic carbocycles. The maximum absolute atomic E-state index is 5.03. The molecule has 0 spiro atoms. The summed E-state index contributed by atoms with van der Waals surface area (Å²) < 4.78 is 7.94. The molecule has 2 rings (SSSR count). The van der Waals surface area contributed by atoms with Gasteiger partial charge in [0.2, 0.25) is 0 Å². The first-order chi connectivity index (χ1) is 9.20. The van der Waals surface area contributed by atoms with Crippen LogP contribution in [0.3, 0.4) is 0 Å². The van der Waals surface area contributed by atoms with Crippen molar-refractivity contribution in [3.05, 3.63) is 40.5 Å². The van der Waals surface area contributed by atoms with E-state index in [1.807, 2.05) is 23.9 Å². The highest BCUT2D eigenvalue weighted by Gasteiger charge is 2.09. The van der Waals surface area contributed by atoms with Gasteiger partial charge in [-0.05, 0) is 12.1 Å². The summed E-state index contributed by atoms with van der Waals surface area (Å²) in [6, 6.07) is 8.20. The molecule has 0 bridgehead atoms. The zero-order chi connectivity index (χ0) is 13.7. The molecule has 102 valence electrons. The van der Waals surface area contributed by atoms with Gasteiger partial charge < -0.3 is 10.1 Å². The summed E-state index contributed by atoms with van der Waals surface area (Å²) >= 11 is 3.50. The van der Waals surface area contributed by atoms with Crippen LogP contribution in [0.4, 0.5) is 0 Å². The second-order valence-electron chi connectivity index (χ2n) is 4.36. The second kappa shape index (κ2) is 6.84. The van der Waals surface area contributed by atoms with E-state index in [1.165, 1.54) is 5.56 Å². The number of nitrogens with zero attached hydrogens (tertiary/aromatic N) is 2. The van der Waals surface area contributed by atoms with Crippen LogP contribution in [0, 0.1) is 0 Å². The van der Waals surface area contributed by atoms with Gasteiger partial charge in [0, 0.05) is 49.0 Å². The third-order valence-electron chi connectivity index (χ3n) is 2.80. The van der Waals surface area contributed by atoms with E-state index < -0.39 is 0 Å². The van der Waals surface area contributed by atoms with Gasteiger partial charge in [-0.15, -0.1) is 0 Å². The zero-order valence-corrected chi connectivity index (χ0v) is 12.8. The monoisotopic (exact) mass is 323 g/mol. The Morgan fingerprint density at radius 1 is 1.42 bits per heavy atom. The molecule has 0 fully saturated rings. The van der Waals surface area contributed by atoms with Crippen LogP contribution in [0.15, 0.2) is 34.9 Å². The number of halogens is 1. The SMILES string of the molecule is COCCNCc1cn(C)nc1-c1cccc(Br)c1. The number of nitrogens with one attached hydrogen (secondary N) is 1. The van der Waals surface area contributed by atoms with E-state index in [4.69, 9.17) is 4.74 Å². The maximum atomic E-state index is 5.03. The van der Waals surface area contributed by atoms with Gasteiger partial charge in [-0.2, -0.15) is 5.10 Å². The molecule has 0 atom stereocenters. The van der Waals surface area contributed by atoms with Crippen molar-refractivity contribution in [3.63, 3.8) is 0 Å². The van der Waals surface area contributed by atoms with E-state index in [0.29, 0.717) is 6.61 Å². The second-order valence-corrected chi connectivity index (χ2v) is 5.27. The lowest BCUT2D eigenvalue weighted by molar-refractivity contribution is 0.199. The smallest absolute Gasteiger partial charge is 0.0968 e. The zero-order valence-electron chi connectivity index (χ0n) is 11.2. The molecule has 19 heavy (non-hydrogen) atoms. The number of benzene rings is 1. The van der Waals surface area contributed by atoms with Crippen LogP contribution >= 0.6 is 15.9 Å². The number of aryl methyl sites for hydroxylation is 1. The molecule has 5 heteroatoms. The van der Waals surface area contributed by atoms with E-state index in [0.717, 1.165) is 28.8 Å². The molecular formula is C14H18BrN3O. The first-order valence-electron chi connectivity index (χ1n) is 6.19. The quantitative estimate of drug-likeness (QED) is 0.830. The molecule has 1 aromatic heterocycles. The van der Waals surface area contributed by atoms with E-state index in [1.54, 1.807) is 7.11 Å². The summed E-state index contributed by atoms with van der Waals surface area (Å²) in [5.41, 5.74) is 3.34. The molecule has 0 radical (unpaired) electrons. The number of ether oxygens (including phenoxy) is 1. The van der Waals surface area contributed by atoms with Crippen molar-refractivity contribution in [2.75, 3.05) is 20.3 Å². The fourth-order valence-electron chi connectivity index (χ4n) is 1.94. The molecule has 0 amide bonds. The van der Waals surface area contributed by atoms with Gasteiger partial charge in [-0.1, -0.05) is 28.1 Å². The summed E-state index contributed by atoms with van der Waals surface area (Å²) in [6.07, 6.45) is 2.05. The Balaban J connectivity index is 2.16. The molecule has 0 saturated heterocycles. The Bertz CT molecular complexity index is 539. The first-order valence-corrected chi connectivity index (χ1v) is 6.98. The van der Waals surface area contributed by atoms with Crippen LogP contribution < -0.4 is 5.32 Å². The Kier molecular flexibility index (Phi) is 5.13. The highest BCUT2D eigenvalue weighted by molar-refractivity contribution is 9.10. The largest absolute Gasteiger partial charge is 0.383 e. The molecule has 0 unspecified atom stereocenters. The molecule has 2 aromatic rings.